The lowest BCUT2D eigenvalue weighted by atomic mass is 10.1. The number of nitrogens with zero attached hydrogens (tertiary/aromatic N) is 3. The molecular weight excluding hydrogens is 224 g/mol. The number of rotatable bonds is 5. The third-order valence-corrected chi connectivity index (χ3v) is 3.05. The minimum absolute atomic E-state index is 0.294. The van der Waals surface area contributed by atoms with E-state index in [1.807, 2.05) is 6.92 Å². The molecule has 0 unspecified atom stereocenters. The molecule has 102 valence electrons. The zero-order chi connectivity index (χ0) is 13.9. The molecule has 0 spiro atoms. The largest absolute Gasteiger partial charge is 0.383 e. The Balaban J connectivity index is 3.27. The summed E-state index contributed by atoms with van der Waals surface area (Å²) in [5.74, 6) is 2.71. The molecule has 0 saturated carbocycles. The third kappa shape index (κ3) is 3.12. The molecule has 1 aromatic rings. The van der Waals surface area contributed by atoms with Crippen LogP contribution in [0.2, 0.25) is 0 Å². The summed E-state index contributed by atoms with van der Waals surface area (Å²) in [5, 5.41) is 0. The average Bonchev–Trinajstić information content (AvgIpc) is 2.29. The molecule has 0 fully saturated rings. The quantitative estimate of drug-likeness (QED) is 0.872. The van der Waals surface area contributed by atoms with Crippen LogP contribution in [0.4, 0.5) is 11.6 Å². The summed E-state index contributed by atoms with van der Waals surface area (Å²) in [6.45, 7) is 13.7. The summed E-state index contributed by atoms with van der Waals surface area (Å²) in [5.41, 5.74) is 7.00. The monoisotopic (exact) mass is 250 g/mol. The van der Waals surface area contributed by atoms with Gasteiger partial charge in [0.25, 0.3) is 0 Å². The molecule has 0 aromatic carbocycles. The maximum Gasteiger partial charge on any atom is 0.137 e. The molecule has 18 heavy (non-hydrogen) atoms. The van der Waals surface area contributed by atoms with E-state index in [-0.39, 0.29) is 0 Å². The fourth-order valence-electron chi connectivity index (χ4n) is 1.93. The summed E-state index contributed by atoms with van der Waals surface area (Å²) in [6, 6.07) is 0.415. The van der Waals surface area contributed by atoms with Gasteiger partial charge >= 0.3 is 0 Å². The van der Waals surface area contributed by atoms with E-state index in [4.69, 9.17) is 10.7 Å². The van der Waals surface area contributed by atoms with Crippen molar-refractivity contribution in [2.45, 2.75) is 59.9 Å². The van der Waals surface area contributed by atoms with Gasteiger partial charge in [-0.15, -0.1) is 0 Å². The van der Waals surface area contributed by atoms with Crippen LogP contribution in [0.5, 0.6) is 0 Å². The van der Waals surface area contributed by atoms with Crippen molar-refractivity contribution in [1.82, 2.24) is 9.97 Å². The number of anilines is 2. The van der Waals surface area contributed by atoms with Gasteiger partial charge < -0.3 is 10.6 Å². The lowest BCUT2D eigenvalue weighted by molar-refractivity contribution is 0.651. The minimum atomic E-state index is 0.294. The molecule has 0 bridgehead atoms. The van der Waals surface area contributed by atoms with Crippen LogP contribution < -0.4 is 10.6 Å². The minimum Gasteiger partial charge on any atom is -0.383 e. The Labute approximate surface area is 111 Å². The van der Waals surface area contributed by atoms with Crippen LogP contribution in [0.25, 0.3) is 0 Å². The zero-order valence-electron chi connectivity index (χ0n) is 12.5. The maximum atomic E-state index is 6.02. The molecular formula is C14H26N4. The van der Waals surface area contributed by atoms with Gasteiger partial charge in [-0.2, -0.15) is 0 Å². The summed E-state index contributed by atoms with van der Waals surface area (Å²) in [4.78, 5) is 11.4. The smallest absolute Gasteiger partial charge is 0.137 e. The van der Waals surface area contributed by atoms with Crippen LogP contribution >= 0.6 is 0 Å². The first-order valence-corrected chi connectivity index (χ1v) is 6.79. The fourth-order valence-corrected chi connectivity index (χ4v) is 1.93. The molecule has 0 aliphatic carbocycles. The molecule has 0 radical (unpaired) electrons. The van der Waals surface area contributed by atoms with Crippen molar-refractivity contribution in [2.75, 3.05) is 17.2 Å². The highest BCUT2D eigenvalue weighted by molar-refractivity contribution is 5.57. The van der Waals surface area contributed by atoms with Crippen molar-refractivity contribution >= 4 is 11.6 Å². The van der Waals surface area contributed by atoms with Gasteiger partial charge in [0.15, 0.2) is 0 Å². The van der Waals surface area contributed by atoms with Crippen LogP contribution in [0.3, 0.4) is 0 Å². The first-order chi connectivity index (χ1) is 8.38. The first-order valence-electron chi connectivity index (χ1n) is 6.79. The molecule has 0 aliphatic rings. The molecule has 1 aromatic heterocycles. The van der Waals surface area contributed by atoms with Gasteiger partial charge in [0.2, 0.25) is 0 Å². The van der Waals surface area contributed by atoms with E-state index in [2.05, 4.69) is 44.5 Å². The number of hydrogen-bond acceptors (Lipinski definition) is 4. The Morgan fingerprint density at radius 1 is 1.17 bits per heavy atom. The molecule has 0 aliphatic heterocycles. The normalized spacial score (nSPS) is 11.3. The van der Waals surface area contributed by atoms with E-state index in [0.29, 0.717) is 17.8 Å². The number of nitrogen functional groups attached to an aromatic ring is 1. The number of nitrogens with two attached hydrogens (primary N) is 1. The van der Waals surface area contributed by atoms with Crippen molar-refractivity contribution in [1.29, 1.82) is 0 Å². The summed E-state index contributed by atoms with van der Waals surface area (Å²) in [7, 11) is 0. The topological polar surface area (TPSA) is 55.0 Å². The van der Waals surface area contributed by atoms with E-state index in [0.717, 1.165) is 30.2 Å². The highest BCUT2D eigenvalue weighted by Crippen LogP contribution is 2.25. The predicted molar refractivity (Wildman–Crippen MR) is 78.0 cm³/mol. The van der Waals surface area contributed by atoms with E-state index in [1.54, 1.807) is 0 Å². The van der Waals surface area contributed by atoms with E-state index in [1.165, 1.54) is 0 Å². The van der Waals surface area contributed by atoms with Crippen molar-refractivity contribution in [2.24, 2.45) is 0 Å². The Bertz CT molecular complexity index is 399. The second-order valence-corrected chi connectivity index (χ2v) is 5.36. The van der Waals surface area contributed by atoms with Crippen LogP contribution in [0.1, 0.15) is 58.3 Å². The summed E-state index contributed by atoms with van der Waals surface area (Å²) in [6.07, 6.45) is 1.10. The molecule has 1 rings (SSSR count). The molecule has 2 N–H and O–H groups in total. The van der Waals surface area contributed by atoms with Gasteiger partial charge in [0, 0.05) is 24.1 Å². The molecule has 0 atom stereocenters. The number of aromatic nitrogens is 2. The standard InChI is InChI=1S/C14H26N4/c1-7-8-18(10(4)5)14-11(6)12(15)16-13(17-14)9(2)3/h9-10H,7-8H2,1-6H3,(H2,15,16,17). The van der Waals surface area contributed by atoms with Gasteiger partial charge in [-0.05, 0) is 27.2 Å². The molecule has 0 saturated heterocycles. The summed E-state index contributed by atoms with van der Waals surface area (Å²) >= 11 is 0. The molecule has 4 heteroatoms. The third-order valence-electron chi connectivity index (χ3n) is 3.05. The Kier molecular flexibility index (Phi) is 4.93. The van der Waals surface area contributed by atoms with Crippen molar-refractivity contribution < 1.29 is 0 Å². The van der Waals surface area contributed by atoms with Gasteiger partial charge in [0.1, 0.15) is 17.5 Å². The van der Waals surface area contributed by atoms with Crippen molar-refractivity contribution in [3.05, 3.63) is 11.4 Å². The van der Waals surface area contributed by atoms with Crippen LogP contribution in [-0.4, -0.2) is 22.6 Å². The zero-order valence-corrected chi connectivity index (χ0v) is 12.5. The average molecular weight is 250 g/mol. The van der Waals surface area contributed by atoms with Crippen molar-refractivity contribution in [3.63, 3.8) is 0 Å². The van der Waals surface area contributed by atoms with E-state index >= 15 is 0 Å². The lowest BCUT2D eigenvalue weighted by Gasteiger charge is -2.29. The summed E-state index contributed by atoms with van der Waals surface area (Å²) < 4.78 is 0. The van der Waals surface area contributed by atoms with Crippen LogP contribution in [-0.2, 0) is 0 Å². The highest BCUT2D eigenvalue weighted by atomic mass is 15.2. The molecule has 4 nitrogen and oxygen atoms in total. The SMILES string of the molecule is CCCN(c1nc(C(C)C)nc(N)c1C)C(C)C. The van der Waals surface area contributed by atoms with Gasteiger partial charge in [0.05, 0.1) is 0 Å². The fraction of sp³-hybridized carbons (Fsp3) is 0.714. The first kappa shape index (κ1) is 14.7. The highest BCUT2D eigenvalue weighted by Gasteiger charge is 2.18. The Morgan fingerprint density at radius 3 is 2.22 bits per heavy atom. The van der Waals surface area contributed by atoms with Crippen LogP contribution in [0, 0.1) is 6.92 Å². The van der Waals surface area contributed by atoms with Crippen molar-refractivity contribution in [3.8, 4) is 0 Å². The second-order valence-electron chi connectivity index (χ2n) is 5.36. The number of hydrogen-bond donors (Lipinski definition) is 1. The molecule has 1 heterocycles. The Hall–Kier alpha value is -1.32. The van der Waals surface area contributed by atoms with Gasteiger partial charge in [-0.3, -0.25) is 0 Å². The van der Waals surface area contributed by atoms with Crippen LogP contribution in [0.15, 0.2) is 0 Å². The Morgan fingerprint density at radius 2 is 1.78 bits per heavy atom. The van der Waals surface area contributed by atoms with E-state index in [9.17, 15) is 0 Å². The van der Waals surface area contributed by atoms with Gasteiger partial charge in [-0.1, -0.05) is 20.8 Å². The maximum absolute atomic E-state index is 6.02. The van der Waals surface area contributed by atoms with E-state index < -0.39 is 0 Å². The van der Waals surface area contributed by atoms with Gasteiger partial charge in [-0.25, -0.2) is 9.97 Å². The lowest BCUT2D eigenvalue weighted by Crippen LogP contribution is -2.33. The predicted octanol–water partition coefficient (Wildman–Crippen LogP) is 3.12. The molecule has 0 amide bonds. The second kappa shape index (κ2) is 6.03.